The van der Waals surface area contributed by atoms with Gasteiger partial charge in [0.25, 0.3) is 11.7 Å². The van der Waals surface area contributed by atoms with Crippen LogP contribution in [0.25, 0.3) is 5.76 Å². The van der Waals surface area contributed by atoms with Crippen molar-refractivity contribution < 1.29 is 28.9 Å². The molecule has 5 rings (SSSR count). The Balaban J connectivity index is 1.57. The maximum Gasteiger partial charge on any atom is 0.295 e. The highest BCUT2D eigenvalue weighted by Crippen LogP contribution is 2.41. The number of nitrogens with zero attached hydrogens (tertiary/aromatic N) is 1. The zero-order valence-electron chi connectivity index (χ0n) is 19.5. The lowest BCUT2D eigenvalue weighted by atomic mass is 9.94. The summed E-state index contributed by atoms with van der Waals surface area (Å²) in [6, 6.07) is 12.0. The van der Waals surface area contributed by atoms with Crippen LogP contribution in [0, 0.1) is 0 Å². The molecule has 3 heterocycles. The fourth-order valence-corrected chi connectivity index (χ4v) is 5.06. The Bertz CT molecular complexity index is 1130. The van der Waals surface area contributed by atoms with Crippen molar-refractivity contribution in [1.82, 2.24) is 4.90 Å². The Morgan fingerprint density at radius 3 is 2.68 bits per heavy atom. The van der Waals surface area contributed by atoms with Crippen molar-refractivity contribution in [2.45, 2.75) is 51.4 Å². The van der Waals surface area contributed by atoms with Crippen LogP contribution in [0.4, 0.5) is 0 Å². The van der Waals surface area contributed by atoms with Crippen molar-refractivity contribution in [3.63, 3.8) is 0 Å². The summed E-state index contributed by atoms with van der Waals surface area (Å²) < 4.78 is 17.1. The first kappa shape index (κ1) is 22.5. The van der Waals surface area contributed by atoms with Gasteiger partial charge in [0.15, 0.2) is 0 Å². The molecule has 0 spiro atoms. The third-order valence-electron chi connectivity index (χ3n) is 6.64. The summed E-state index contributed by atoms with van der Waals surface area (Å²) in [5.74, 6) is 0.0176. The number of fused-ring (bicyclic) bond motifs is 1. The molecule has 2 fully saturated rings. The number of aliphatic hydroxyl groups excluding tert-OH is 1. The Hall–Kier alpha value is -3.32. The van der Waals surface area contributed by atoms with E-state index in [0.717, 1.165) is 36.1 Å². The lowest BCUT2D eigenvalue weighted by molar-refractivity contribution is -0.140. The van der Waals surface area contributed by atoms with Crippen molar-refractivity contribution in [2.75, 3.05) is 19.8 Å². The molecule has 3 atom stereocenters. The first-order valence-corrected chi connectivity index (χ1v) is 11.9. The molecule has 34 heavy (non-hydrogen) atoms. The largest absolute Gasteiger partial charge is 0.507 e. The molecule has 0 saturated carbocycles. The highest BCUT2D eigenvalue weighted by molar-refractivity contribution is 6.46. The number of likely N-dealkylation sites (tertiary alicyclic amines) is 1. The Labute approximate surface area is 198 Å². The number of carbonyl (C=O) groups is 2. The minimum absolute atomic E-state index is 0.0632. The minimum Gasteiger partial charge on any atom is -0.507 e. The van der Waals surface area contributed by atoms with Crippen molar-refractivity contribution in [2.24, 2.45) is 0 Å². The number of Topliss-reactive ketones (excluding diaryl/α,β-unsaturated/α-hetero) is 1. The van der Waals surface area contributed by atoms with Gasteiger partial charge in [-0.3, -0.25) is 9.59 Å². The SMILES string of the molecule is CCOc1ccc([C@H]2C(=C(O)c3ccc4c(c3)C[C@H](C)O4)C(=O)C(=O)N2C[C@H]2CCCO2)cc1. The van der Waals surface area contributed by atoms with Crippen LogP contribution in [0.2, 0.25) is 0 Å². The van der Waals surface area contributed by atoms with E-state index < -0.39 is 17.7 Å². The molecule has 178 valence electrons. The smallest absolute Gasteiger partial charge is 0.295 e. The number of hydrogen-bond donors (Lipinski definition) is 1. The Morgan fingerprint density at radius 2 is 1.97 bits per heavy atom. The summed E-state index contributed by atoms with van der Waals surface area (Å²) in [6.45, 7) is 5.39. The zero-order valence-corrected chi connectivity index (χ0v) is 19.5. The lowest BCUT2D eigenvalue weighted by Gasteiger charge is -2.27. The first-order chi connectivity index (χ1) is 16.5. The van der Waals surface area contributed by atoms with Crippen LogP contribution in [0.1, 0.15) is 49.4 Å². The van der Waals surface area contributed by atoms with E-state index >= 15 is 0 Å². The molecule has 2 aromatic carbocycles. The molecule has 2 saturated heterocycles. The van der Waals surface area contributed by atoms with Crippen molar-refractivity contribution in [1.29, 1.82) is 0 Å². The summed E-state index contributed by atoms with van der Waals surface area (Å²) in [4.78, 5) is 27.9. The lowest BCUT2D eigenvalue weighted by Crippen LogP contribution is -2.36. The van der Waals surface area contributed by atoms with E-state index in [1.54, 1.807) is 6.07 Å². The van der Waals surface area contributed by atoms with Gasteiger partial charge < -0.3 is 24.2 Å². The standard InChI is InChI=1S/C27H29NO6/c1-3-32-20-9-6-17(7-10-20)24-23(26(30)27(31)28(24)15-21-5-4-12-33-21)25(29)18-8-11-22-19(14-18)13-16(2)34-22/h6-11,14,16,21,24,29H,3-5,12-13,15H2,1-2H3/t16-,21+,24-/m0/s1. The number of carbonyl (C=O) groups excluding carboxylic acids is 2. The van der Waals surface area contributed by atoms with Crippen LogP contribution in [-0.4, -0.2) is 53.7 Å². The summed E-state index contributed by atoms with van der Waals surface area (Å²) in [5, 5.41) is 11.3. The molecule has 2 aromatic rings. The van der Waals surface area contributed by atoms with E-state index in [1.165, 1.54) is 4.90 Å². The van der Waals surface area contributed by atoms with Gasteiger partial charge in [-0.2, -0.15) is 0 Å². The van der Waals surface area contributed by atoms with E-state index in [1.807, 2.05) is 50.2 Å². The van der Waals surface area contributed by atoms with Gasteiger partial charge in [-0.05, 0) is 68.1 Å². The number of aliphatic hydroxyl groups is 1. The molecule has 0 unspecified atom stereocenters. The molecule has 0 aromatic heterocycles. The maximum absolute atomic E-state index is 13.2. The second-order valence-electron chi connectivity index (χ2n) is 9.04. The predicted molar refractivity (Wildman–Crippen MR) is 126 cm³/mol. The second-order valence-corrected chi connectivity index (χ2v) is 9.04. The van der Waals surface area contributed by atoms with Crippen LogP contribution in [0.15, 0.2) is 48.0 Å². The predicted octanol–water partition coefficient (Wildman–Crippen LogP) is 4.01. The number of hydrogen-bond acceptors (Lipinski definition) is 6. The number of ketones is 1. The van der Waals surface area contributed by atoms with E-state index in [0.29, 0.717) is 31.1 Å². The van der Waals surface area contributed by atoms with Crippen LogP contribution in [0.5, 0.6) is 11.5 Å². The monoisotopic (exact) mass is 463 g/mol. The van der Waals surface area contributed by atoms with Crippen molar-refractivity contribution in [3.8, 4) is 11.5 Å². The summed E-state index contributed by atoms with van der Waals surface area (Å²) >= 11 is 0. The van der Waals surface area contributed by atoms with Gasteiger partial charge in [-0.15, -0.1) is 0 Å². The van der Waals surface area contributed by atoms with Gasteiger partial charge in [0.2, 0.25) is 0 Å². The third kappa shape index (κ3) is 4.05. The Morgan fingerprint density at radius 1 is 1.18 bits per heavy atom. The quantitative estimate of drug-likeness (QED) is 0.396. The number of amides is 1. The molecule has 1 N–H and O–H groups in total. The number of benzene rings is 2. The van der Waals surface area contributed by atoms with Crippen LogP contribution in [0.3, 0.4) is 0 Å². The fourth-order valence-electron chi connectivity index (χ4n) is 5.06. The molecule has 3 aliphatic rings. The Kier molecular flexibility index (Phi) is 6.04. The topological polar surface area (TPSA) is 85.3 Å². The maximum atomic E-state index is 13.2. The molecule has 7 heteroatoms. The molecule has 0 bridgehead atoms. The van der Waals surface area contributed by atoms with E-state index in [4.69, 9.17) is 14.2 Å². The molecule has 1 amide bonds. The van der Waals surface area contributed by atoms with E-state index in [2.05, 4.69) is 0 Å². The zero-order chi connectivity index (χ0) is 23.8. The average Bonchev–Trinajstić information content (AvgIpc) is 3.53. The molecule has 0 radical (unpaired) electrons. The minimum atomic E-state index is -0.705. The van der Waals surface area contributed by atoms with Gasteiger partial charge in [0.05, 0.1) is 24.3 Å². The van der Waals surface area contributed by atoms with Crippen molar-refractivity contribution >= 4 is 17.4 Å². The van der Waals surface area contributed by atoms with Crippen LogP contribution >= 0.6 is 0 Å². The van der Waals surface area contributed by atoms with Gasteiger partial charge in [-0.25, -0.2) is 0 Å². The summed E-state index contributed by atoms with van der Waals surface area (Å²) in [5.41, 5.74) is 2.31. The molecule has 7 nitrogen and oxygen atoms in total. The van der Waals surface area contributed by atoms with E-state index in [9.17, 15) is 14.7 Å². The molecule has 3 aliphatic heterocycles. The summed E-state index contributed by atoms with van der Waals surface area (Å²) in [7, 11) is 0. The highest BCUT2D eigenvalue weighted by Gasteiger charge is 2.47. The molecule has 0 aliphatic carbocycles. The van der Waals surface area contributed by atoms with Gasteiger partial charge >= 0.3 is 0 Å². The first-order valence-electron chi connectivity index (χ1n) is 11.9. The summed E-state index contributed by atoms with van der Waals surface area (Å²) in [6.07, 6.45) is 2.43. The van der Waals surface area contributed by atoms with E-state index in [-0.39, 0.29) is 23.5 Å². The normalized spacial score (nSPS) is 25.5. The highest BCUT2D eigenvalue weighted by atomic mass is 16.5. The third-order valence-corrected chi connectivity index (χ3v) is 6.64. The average molecular weight is 464 g/mol. The van der Waals surface area contributed by atoms with Gasteiger partial charge in [0, 0.05) is 25.1 Å². The molecular weight excluding hydrogens is 434 g/mol. The number of ether oxygens (including phenoxy) is 3. The molecular formula is C27H29NO6. The van der Waals surface area contributed by atoms with Gasteiger partial charge in [-0.1, -0.05) is 12.1 Å². The fraction of sp³-hybridized carbons (Fsp3) is 0.407. The van der Waals surface area contributed by atoms with Crippen LogP contribution < -0.4 is 9.47 Å². The van der Waals surface area contributed by atoms with Gasteiger partial charge in [0.1, 0.15) is 23.4 Å². The van der Waals surface area contributed by atoms with Crippen molar-refractivity contribution in [3.05, 3.63) is 64.7 Å². The van der Waals surface area contributed by atoms with Crippen LogP contribution in [-0.2, 0) is 20.7 Å². The second kappa shape index (κ2) is 9.14. The number of rotatable bonds is 6.